The van der Waals surface area contributed by atoms with Crippen LogP contribution in [-0.4, -0.2) is 6.61 Å². The average molecular weight is 231 g/mol. The highest BCUT2D eigenvalue weighted by Gasteiger charge is 2.23. The number of allylic oxidation sites excluding steroid dienone is 6. The fraction of sp³-hybridized carbons (Fsp3) is 0.438. The minimum absolute atomic E-state index is 0.0479. The van der Waals surface area contributed by atoms with E-state index in [0.717, 1.165) is 12.2 Å². The van der Waals surface area contributed by atoms with Crippen LogP contribution in [0.25, 0.3) is 0 Å². The normalized spacial score (nSPS) is 15.8. The van der Waals surface area contributed by atoms with Gasteiger partial charge in [-0.2, -0.15) is 0 Å². The van der Waals surface area contributed by atoms with Crippen molar-refractivity contribution in [3.8, 4) is 0 Å². The Balaban J connectivity index is 2.86. The van der Waals surface area contributed by atoms with Gasteiger partial charge in [0.1, 0.15) is 12.4 Å². The second-order valence-corrected chi connectivity index (χ2v) is 5.14. The molecule has 0 aromatic heterocycles. The van der Waals surface area contributed by atoms with Crippen LogP contribution in [-0.2, 0) is 4.74 Å². The second kappa shape index (κ2) is 5.90. The van der Waals surface area contributed by atoms with E-state index in [0.29, 0.717) is 6.61 Å². The van der Waals surface area contributed by atoms with Crippen molar-refractivity contribution in [1.29, 1.82) is 0 Å². The summed E-state index contributed by atoms with van der Waals surface area (Å²) in [5, 5.41) is 0. The molecule has 0 aromatic carbocycles. The molecule has 1 radical (unpaired) electrons. The van der Waals surface area contributed by atoms with Crippen LogP contribution in [0.15, 0.2) is 47.8 Å². The summed E-state index contributed by atoms with van der Waals surface area (Å²) in [5.41, 5.74) is 2.44. The lowest BCUT2D eigenvalue weighted by atomic mass is 9.81. The summed E-state index contributed by atoms with van der Waals surface area (Å²) >= 11 is 0. The molecule has 1 aliphatic rings. The van der Waals surface area contributed by atoms with Crippen LogP contribution >= 0.6 is 0 Å². The number of hydrogen-bond acceptors (Lipinski definition) is 1. The predicted molar refractivity (Wildman–Crippen MR) is 74.4 cm³/mol. The molecule has 0 bridgehead atoms. The molecule has 0 heterocycles. The third-order valence-corrected chi connectivity index (χ3v) is 2.92. The maximum atomic E-state index is 5.84. The molecule has 0 atom stereocenters. The molecule has 0 amide bonds. The van der Waals surface area contributed by atoms with Crippen LogP contribution in [0.1, 0.15) is 34.1 Å². The summed E-state index contributed by atoms with van der Waals surface area (Å²) in [6.45, 7) is 13.0. The quantitative estimate of drug-likeness (QED) is 0.628. The van der Waals surface area contributed by atoms with Gasteiger partial charge >= 0.3 is 0 Å². The Morgan fingerprint density at radius 2 is 2.18 bits per heavy atom. The van der Waals surface area contributed by atoms with E-state index in [4.69, 9.17) is 4.74 Å². The summed E-state index contributed by atoms with van der Waals surface area (Å²) < 4.78 is 5.84. The minimum atomic E-state index is -0.0479. The third-order valence-electron chi connectivity index (χ3n) is 2.92. The molecule has 1 aliphatic carbocycles. The number of ether oxygens (including phenoxy) is 1. The molecule has 0 unspecified atom stereocenters. The predicted octanol–water partition coefficient (Wildman–Crippen LogP) is 4.60. The molecule has 0 aromatic rings. The smallest absolute Gasteiger partial charge is 0.106 e. The fourth-order valence-corrected chi connectivity index (χ4v) is 1.63. The highest BCUT2D eigenvalue weighted by Crippen LogP contribution is 2.35. The Morgan fingerprint density at radius 1 is 1.47 bits per heavy atom. The van der Waals surface area contributed by atoms with E-state index < -0.39 is 0 Å². The zero-order valence-electron chi connectivity index (χ0n) is 11.4. The molecule has 0 saturated heterocycles. The summed E-state index contributed by atoms with van der Waals surface area (Å²) in [6, 6.07) is 0. The lowest BCUT2D eigenvalue weighted by Gasteiger charge is -2.27. The maximum absolute atomic E-state index is 5.84. The van der Waals surface area contributed by atoms with Crippen LogP contribution in [0.5, 0.6) is 0 Å². The first-order chi connectivity index (χ1) is 7.97. The molecule has 1 heteroatoms. The average Bonchev–Trinajstić information content (AvgIpc) is 2.29. The van der Waals surface area contributed by atoms with Gasteiger partial charge in [-0.25, -0.2) is 0 Å². The lowest BCUT2D eigenvalue weighted by molar-refractivity contribution is 0.243. The van der Waals surface area contributed by atoms with Gasteiger partial charge in [-0.05, 0) is 31.9 Å². The van der Waals surface area contributed by atoms with Crippen molar-refractivity contribution in [3.63, 3.8) is 0 Å². The molecule has 0 spiro atoms. The summed E-state index contributed by atoms with van der Waals surface area (Å²) in [5.74, 6) is 0.995. The van der Waals surface area contributed by atoms with Crippen molar-refractivity contribution in [3.05, 3.63) is 54.2 Å². The molecule has 0 N–H and O–H groups in total. The topological polar surface area (TPSA) is 9.23 Å². The zero-order valence-corrected chi connectivity index (χ0v) is 11.4. The second-order valence-electron chi connectivity index (χ2n) is 5.14. The van der Waals surface area contributed by atoms with Gasteiger partial charge in [0.15, 0.2) is 0 Å². The monoisotopic (exact) mass is 231 g/mol. The number of hydrogen-bond donors (Lipinski definition) is 0. The van der Waals surface area contributed by atoms with Gasteiger partial charge < -0.3 is 4.74 Å². The molecule has 0 aliphatic heterocycles. The van der Waals surface area contributed by atoms with E-state index >= 15 is 0 Å². The van der Waals surface area contributed by atoms with Gasteiger partial charge in [0.05, 0.1) is 0 Å². The van der Waals surface area contributed by atoms with Crippen molar-refractivity contribution >= 4 is 0 Å². The Labute approximate surface area is 106 Å². The van der Waals surface area contributed by atoms with Crippen molar-refractivity contribution in [2.75, 3.05) is 6.61 Å². The van der Waals surface area contributed by atoms with Crippen LogP contribution < -0.4 is 0 Å². The van der Waals surface area contributed by atoms with Crippen molar-refractivity contribution in [1.82, 2.24) is 0 Å². The largest absolute Gasteiger partial charge is 0.493 e. The number of rotatable bonds is 5. The van der Waals surface area contributed by atoms with Crippen LogP contribution in [0, 0.1) is 11.8 Å². The van der Waals surface area contributed by atoms with E-state index in [1.165, 1.54) is 11.1 Å². The van der Waals surface area contributed by atoms with E-state index in [1.54, 1.807) is 0 Å². The van der Waals surface area contributed by atoms with Crippen LogP contribution in [0.2, 0.25) is 0 Å². The Kier molecular flexibility index (Phi) is 4.80. The first-order valence-corrected chi connectivity index (χ1v) is 6.11. The molecule has 93 valence electrons. The molecule has 17 heavy (non-hydrogen) atoms. The van der Waals surface area contributed by atoms with E-state index in [-0.39, 0.29) is 5.41 Å². The van der Waals surface area contributed by atoms with Crippen molar-refractivity contribution < 1.29 is 4.74 Å². The van der Waals surface area contributed by atoms with Gasteiger partial charge in [-0.3, -0.25) is 0 Å². The molecule has 0 saturated carbocycles. The summed E-state index contributed by atoms with van der Waals surface area (Å²) in [6.07, 6.45) is 11.5. The summed E-state index contributed by atoms with van der Waals surface area (Å²) in [4.78, 5) is 0. The SMILES string of the molecule is C=CC(C)(C)C1=C(OCC=C(C)C)[CH]CC=C1. The van der Waals surface area contributed by atoms with Gasteiger partial charge in [-0.1, -0.05) is 37.6 Å². The first-order valence-electron chi connectivity index (χ1n) is 6.11. The zero-order chi connectivity index (χ0) is 12.9. The van der Waals surface area contributed by atoms with E-state index in [1.807, 2.05) is 6.08 Å². The highest BCUT2D eigenvalue weighted by molar-refractivity contribution is 5.38. The molecule has 1 nitrogen and oxygen atoms in total. The molecular weight excluding hydrogens is 208 g/mol. The van der Waals surface area contributed by atoms with Crippen LogP contribution in [0.3, 0.4) is 0 Å². The Hall–Kier alpha value is -1.24. The minimum Gasteiger partial charge on any atom is -0.493 e. The Morgan fingerprint density at radius 3 is 2.76 bits per heavy atom. The fourth-order valence-electron chi connectivity index (χ4n) is 1.63. The highest BCUT2D eigenvalue weighted by atomic mass is 16.5. The van der Waals surface area contributed by atoms with E-state index in [2.05, 4.69) is 58.9 Å². The van der Waals surface area contributed by atoms with E-state index in [9.17, 15) is 0 Å². The van der Waals surface area contributed by atoms with Gasteiger partial charge in [0.2, 0.25) is 0 Å². The standard InChI is InChI=1S/C16H23O/c1-6-16(4,5)14-9-7-8-10-15(14)17-12-11-13(2)3/h6-7,9-11H,1,8,12H2,2-5H3. The third kappa shape index (κ3) is 3.92. The lowest BCUT2D eigenvalue weighted by Crippen LogP contribution is -2.15. The Bertz CT molecular complexity index is 363. The summed E-state index contributed by atoms with van der Waals surface area (Å²) in [7, 11) is 0. The van der Waals surface area contributed by atoms with Crippen LogP contribution in [0.4, 0.5) is 0 Å². The molecule has 0 fully saturated rings. The molecule has 1 rings (SSSR count). The molecular formula is C16H23O. The van der Waals surface area contributed by atoms with Crippen molar-refractivity contribution in [2.24, 2.45) is 5.41 Å². The first kappa shape index (κ1) is 13.8. The maximum Gasteiger partial charge on any atom is 0.106 e. The van der Waals surface area contributed by atoms with Gasteiger partial charge in [0.25, 0.3) is 0 Å². The van der Waals surface area contributed by atoms with Crippen molar-refractivity contribution in [2.45, 2.75) is 34.1 Å². The van der Waals surface area contributed by atoms with Gasteiger partial charge in [0, 0.05) is 11.8 Å². The van der Waals surface area contributed by atoms with Gasteiger partial charge in [-0.15, -0.1) is 6.58 Å².